The zero-order valence-electron chi connectivity index (χ0n) is 15.1. The highest BCUT2D eigenvalue weighted by atomic mass is 32.2. The number of aliphatic hydroxyl groups is 1. The van der Waals surface area contributed by atoms with Gasteiger partial charge in [0.15, 0.2) is 0 Å². The Morgan fingerprint density at radius 3 is 2.37 bits per heavy atom. The molecule has 1 unspecified atom stereocenters. The summed E-state index contributed by atoms with van der Waals surface area (Å²) in [5.41, 5.74) is 2.87. The van der Waals surface area contributed by atoms with E-state index in [9.17, 15) is 9.90 Å². The van der Waals surface area contributed by atoms with Crippen LogP contribution in [0.5, 0.6) is 5.75 Å². The molecule has 0 radical (unpaired) electrons. The summed E-state index contributed by atoms with van der Waals surface area (Å²) < 4.78 is 6.30. The maximum Gasteiger partial charge on any atom is 0.263 e. The summed E-state index contributed by atoms with van der Waals surface area (Å²) in [6.45, 7) is 4.44. The van der Waals surface area contributed by atoms with E-state index >= 15 is 0 Å². The summed E-state index contributed by atoms with van der Waals surface area (Å²) in [6, 6.07) is 15.4. The monoisotopic (exact) mass is 399 g/mol. The molecule has 2 aromatic rings. The average molecular weight is 400 g/mol. The van der Waals surface area contributed by atoms with Gasteiger partial charge in [0.1, 0.15) is 16.7 Å². The summed E-state index contributed by atoms with van der Waals surface area (Å²) in [7, 11) is 0. The molecule has 0 aromatic heterocycles. The summed E-state index contributed by atoms with van der Waals surface area (Å²) >= 11 is 6.25. The minimum Gasteiger partial charge on any atom is -0.489 e. The van der Waals surface area contributed by atoms with Gasteiger partial charge in [0.05, 0.1) is 11.0 Å². The van der Waals surface area contributed by atoms with Crippen LogP contribution >= 0.6 is 24.0 Å². The Balaban J connectivity index is 1.58. The maximum atomic E-state index is 11.7. The summed E-state index contributed by atoms with van der Waals surface area (Å²) in [6.07, 6.45) is 1.36. The third-order valence-corrected chi connectivity index (χ3v) is 5.34. The highest BCUT2D eigenvalue weighted by Crippen LogP contribution is 2.26. The Bertz CT molecular complexity index is 858. The zero-order chi connectivity index (χ0) is 19.4. The lowest BCUT2D eigenvalue weighted by molar-refractivity contribution is -0.115. The molecule has 1 atom stereocenters. The van der Waals surface area contributed by atoms with E-state index in [-0.39, 0.29) is 11.8 Å². The van der Waals surface area contributed by atoms with E-state index in [2.05, 4.69) is 5.32 Å². The van der Waals surface area contributed by atoms with Gasteiger partial charge in [-0.25, -0.2) is 0 Å². The van der Waals surface area contributed by atoms with Crippen LogP contribution in [0.3, 0.4) is 0 Å². The average Bonchev–Trinajstić information content (AvgIpc) is 2.98. The van der Waals surface area contributed by atoms with Crippen LogP contribution in [-0.4, -0.2) is 15.3 Å². The molecule has 1 heterocycles. The van der Waals surface area contributed by atoms with Crippen molar-refractivity contribution in [2.24, 2.45) is 5.92 Å². The third kappa shape index (κ3) is 5.19. The molecule has 0 aliphatic carbocycles. The number of thiocarbonyl (C=S) groups is 1. The number of hydrogen-bond donors (Lipinski definition) is 2. The van der Waals surface area contributed by atoms with Gasteiger partial charge in [0.25, 0.3) is 5.91 Å². The second-order valence-corrected chi connectivity index (χ2v) is 8.36. The van der Waals surface area contributed by atoms with Crippen LogP contribution in [0.25, 0.3) is 6.08 Å². The molecule has 4 nitrogen and oxygen atoms in total. The first-order chi connectivity index (χ1) is 12.9. The lowest BCUT2D eigenvalue weighted by atomic mass is 9.98. The Morgan fingerprint density at radius 2 is 1.81 bits per heavy atom. The largest absolute Gasteiger partial charge is 0.489 e. The first-order valence-corrected chi connectivity index (χ1v) is 9.89. The zero-order valence-corrected chi connectivity index (χ0v) is 16.8. The van der Waals surface area contributed by atoms with Crippen molar-refractivity contribution in [3.8, 4) is 5.75 Å². The summed E-state index contributed by atoms with van der Waals surface area (Å²) in [4.78, 5) is 12.3. The van der Waals surface area contributed by atoms with E-state index < -0.39 is 6.10 Å². The second kappa shape index (κ2) is 8.69. The van der Waals surface area contributed by atoms with Gasteiger partial charge in [-0.3, -0.25) is 4.79 Å². The van der Waals surface area contributed by atoms with Crippen LogP contribution in [0.15, 0.2) is 53.4 Å². The number of ether oxygens (including phenoxy) is 1. The Labute approximate surface area is 168 Å². The van der Waals surface area contributed by atoms with Crippen molar-refractivity contribution in [3.05, 3.63) is 70.1 Å². The first kappa shape index (κ1) is 19.6. The van der Waals surface area contributed by atoms with Crippen molar-refractivity contribution in [3.63, 3.8) is 0 Å². The van der Waals surface area contributed by atoms with Gasteiger partial charge in [-0.05, 0) is 40.8 Å². The molecule has 1 aliphatic rings. The molecular weight excluding hydrogens is 378 g/mol. The van der Waals surface area contributed by atoms with Crippen molar-refractivity contribution >= 4 is 40.3 Å². The van der Waals surface area contributed by atoms with Crippen molar-refractivity contribution in [2.45, 2.75) is 26.6 Å². The Hall–Kier alpha value is -2.15. The minimum absolute atomic E-state index is 0.156. The molecule has 6 heteroatoms. The number of hydrogen-bond acceptors (Lipinski definition) is 5. The second-order valence-electron chi connectivity index (χ2n) is 6.64. The molecule has 140 valence electrons. The van der Waals surface area contributed by atoms with Crippen LogP contribution in [0.1, 0.15) is 36.6 Å². The summed E-state index contributed by atoms with van der Waals surface area (Å²) in [5, 5.41) is 12.7. The van der Waals surface area contributed by atoms with Gasteiger partial charge in [-0.1, -0.05) is 74.2 Å². The van der Waals surface area contributed by atoms with E-state index in [1.807, 2.05) is 68.5 Å². The van der Waals surface area contributed by atoms with E-state index in [1.54, 1.807) is 0 Å². The maximum absolute atomic E-state index is 11.7. The van der Waals surface area contributed by atoms with Crippen LogP contribution in [0.2, 0.25) is 0 Å². The van der Waals surface area contributed by atoms with Crippen molar-refractivity contribution in [1.29, 1.82) is 0 Å². The Kier molecular flexibility index (Phi) is 6.31. The number of benzene rings is 2. The fourth-order valence-corrected chi connectivity index (χ4v) is 3.64. The standard InChI is InChI=1S/C21H21NO3S2/c1-13(2)19(23)16-7-3-15(4-8-16)12-25-17-9-5-14(6-10-17)11-18-20(24)22-21(26)27-18/h3-11,13,19,23H,12H2,1-2H3,(H,22,24,26)/b18-11-. The smallest absolute Gasteiger partial charge is 0.263 e. The number of thioether (sulfide) groups is 1. The molecule has 27 heavy (non-hydrogen) atoms. The molecule has 0 bridgehead atoms. The first-order valence-electron chi connectivity index (χ1n) is 8.67. The third-order valence-electron chi connectivity index (χ3n) is 4.18. The number of rotatable bonds is 6. The van der Waals surface area contributed by atoms with Gasteiger partial charge in [0, 0.05) is 0 Å². The molecule has 0 spiro atoms. The van der Waals surface area contributed by atoms with Crippen LogP contribution < -0.4 is 10.1 Å². The molecule has 1 fully saturated rings. The SMILES string of the molecule is CC(C)C(O)c1ccc(COc2ccc(/C=C3\SC(=S)NC3=O)cc2)cc1. The van der Waals surface area contributed by atoms with Crippen LogP contribution in [0, 0.1) is 5.92 Å². The number of nitrogens with one attached hydrogen (secondary N) is 1. The topological polar surface area (TPSA) is 58.6 Å². The normalized spacial score (nSPS) is 16.7. The molecule has 1 aliphatic heterocycles. The minimum atomic E-state index is -0.448. The summed E-state index contributed by atoms with van der Waals surface area (Å²) in [5.74, 6) is 0.781. The highest BCUT2D eigenvalue weighted by Gasteiger charge is 2.21. The highest BCUT2D eigenvalue weighted by molar-refractivity contribution is 8.26. The number of carbonyl (C=O) groups is 1. The fourth-order valence-electron chi connectivity index (χ4n) is 2.60. The number of amides is 1. The number of aliphatic hydroxyl groups excluding tert-OH is 1. The van der Waals surface area contributed by atoms with Crippen molar-refractivity contribution in [1.82, 2.24) is 5.32 Å². The van der Waals surface area contributed by atoms with E-state index in [0.29, 0.717) is 15.8 Å². The van der Waals surface area contributed by atoms with Crippen LogP contribution in [0.4, 0.5) is 0 Å². The molecule has 0 saturated carbocycles. The lowest BCUT2D eigenvalue weighted by Gasteiger charge is -2.15. The van der Waals surface area contributed by atoms with E-state index in [0.717, 1.165) is 22.4 Å². The van der Waals surface area contributed by atoms with E-state index in [4.69, 9.17) is 17.0 Å². The quantitative estimate of drug-likeness (QED) is 0.555. The molecular formula is C21H21NO3S2. The molecule has 2 N–H and O–H groups in total. The number of carbonyl (C=O) groups excluding carboxylic acids is 1. The fraction of sp³-hybridized carbons (Fsp3) is 0.238. The van der Waals surface area contributed by atoms with Gasteiger partial charge in [0.2, 0.25) is 0 Å². The predicted octanol–water partition coefficient (Wildman–Crippen LogP) is 4.44. The van der Waals surface area contributed by atoms with Crippen molar-refractivity contribution < 1.29 is 14.6 Å². The Morgan fingerprint density at radius 1 is 1.15 bits per heavy atom. The molecule has 1 amide bonds. The van der Waals surface area contributed by atoms with Gasteiger partial charge in [-0.2, -0.15) is 0 Å². The van der Waals surface area contributed by atoms with Gasteiger partial charge < -0.3 is 15.2 Å². The molecule has 1 saturated heterocycles. The van der Waals surface area contributed by atoms with Crippen molar-refractivity contribution in [2.75, 3.05) is 0 Å². The van der Waals surface area contributed by atoms with E-state index in [1.165, 1.54) is 11.8 Å². The lowest BCUT2D eigenvalue weighted by Crippen LogP contribution is -2.17. The van der Waals surface area contributed by atoms with Crippen LogP contribution in [-0.2, 0) is 11.4 Å². The molecule has 2 aromatic carbocycles. The molecule has 3 rings (SSSR count). The predicted molar refractivity (Wildman–Crippen MR) is 113 cm³/mol. The van der Waals surface area contributed by atoms with Gasteiger partial charge in [-0.15, -0.1) is 0 Å². The van der Waals surface area contributed by atoms with Gasteiger partial charge >= 0.3 is 0 Å².